The summed E-state index contributed by atoms with van der Waals surface area (Å²) in [6, 6.07) is 5.89. The van der Waals surface area contributed by atoms with E-state index in [1.165, 1.54) is 5.56 Å². The molecule has 0 fully saturated rings. The maximum Gasteiger partial charge on any atom is 0.251 e. The quantitative estimate of drug-likeness (QED) is 0.847. The van der Waals surface area contributed by atoms with Crippen LogP contribution in [0.25, 0.3) is 0 Å². The number of benzene rings is 1. The average Bonchev–Trinajstić information content (AvgIpc) is 2.89. The highest BCUT2D eigenvalue weighted by atomic mass is 16.1. The first-order valence-electron chi connectivity index (χ1n) is 6.68. The Morgan fingerprint density at radius 1 is 1.50 bits per heavy atom. The van der Waals surface area contributed by atoms with E-state index < -0.39 is 0 Å². The predicted molar refractivity (Wildman–Crippen MR) is 74.0 cm³/mol. The molecule has 2 heterocycles. The molecule has 1 aromatic heterocycles. The molecule has 104 valence electrons. The molecular formula is C14H17N5O. The zero-order chi connectivity index (χ0) is 13.9. The van der Waals surface area contributed by atoms with Crippen LogP contribution in [-0.2, 0) is 26.6 Å². The number of rotatable bonds is 3. The van der Waals surface area contributed by atoms with Gasteiger partial charge in [-0.2, -0.15) is 0 Å². The lowest BCUT2D eigenvalue weighted by atomic mass is 9.95. The number of hydrogen-bond acceptors (Lipinski definition) is 4. The van der Waals surface area contributed by atoms with E-state index in [9.17, 15) is 4.79 Å². The zero-order valence-corrected chi connectivity index (χ0v) is 11.4. The van der Waals surface area contributed by atoms with E-state index in [1.54, 1.807) is 10.9 Å². The standard InChI is InChI=1S/C14H17N5O/c1-19-9-17-18-13(19)8-16-14(20)12-4-2-3-10-7-15-6-5-11(10)12/h2-4,9,15H,5-8H2,1H3,(H,16,20). The van der Waals surface area contributed by atoms with Crippen molar-refractivity contribution < 1.29 is 4.79 Å². The molecule has 0 radical (unpaired) electrons. The molecule has 20 heavy (non-hydrogen) atoms. The van der Waals surface area contributed by atoms with E-state index >= 15 is 0 Å². The van der Waals surface area contributed by atoms with Gasteiger partial charge in [-0.25, -0.2) is 0 Å². The minimum absolute atomic E-state index is 0.0493. The molecular weight excluding hydrogens is 254 g/mol. The molecule has 6 nitrogen and oxygen atoms in total. The number of nitrogens with zero attached hydrogens (tertiary/aromatic N) is 3. The fourth-order valence-electron chi connectivity index (χ4n) is 2.47. The van der Waals surface area contributed by atoms with Crippen molar-refractivity contribution in [3.63, 3.8) is 0 Å². The molecule has 1 aliphatic heterocycles. The van der Waals surface area contributed by atoms with Gasteiger partial charge in [-0.15, -0.1) is 10.2 Å². The van der Waals surface area contributed by atoms with Crippen LogP contribution in [0.4, 0.5) is 0 Å². The molecule has 1 amide bonds. The Bertz CT molecular complexity index is 634. The maximum absolute atomic E-state index is 12.3. The van der Waals surface area contributed by atoms with Crippen LogP contribution in [0.3, 0.4) is 0 Å². The van der Waals surface area contributed by atoms with Crippen molar-refractivity contribution >= 4 is 5.91 Å². The van der Waals surface area contributed by atoms with Crippen LogP contribution >= 0.6 is 0 Å². The summed E-state index contributed by atoms with van der Waals surface area (Å²) in [7, 11) is 1.86. The molecule has 0 atom stereocenters. The predicted octanol–water partition coefficient (Wildman–Crippen LogP) is 0.391. The van der Waals surface area contributed by atoms with Crippen LogP contribution in [-0.4, -0.2) is 27.2 Å². The van der Waals surface area contributed by atoms with Gasteiger partial charge in [0.05, 0.1) is 6.54 Å². The van der Waals surface area contributed by atoms with E-state index in [0.717, 1.165) is 36.5 Å². The van der Waals surface area contributed by atoms with Gasteiger partial charge in [-0.05, 0) is 30.2 Å². The normalized spacial score (nSPS) is 13.8. The second-order valence-corrected chi connectivity index (χ2v) is 4.91. The number of aryl methyl sites for hydroxylation is 1. The number of nitrogens with one attached hydrogen (secondary N) is 2. The molecule has 0 bridgehead atoms. The maximum atomic E-state index is 12.3. The summed E-state index contributed by atoms with van der Waals surface area (Å²) >= 11 is 0. The average molecular weight is 271 g/mol. The number of aromatic nitrogens is 3. The van der Waals surface area contributed by atoms with E-state index in [0.29, 0.717) is 6.54 Å². The Morgan fingerprint density at radius 3 is 3.20 bits per heavy atom. The number of carbonyl (C=O) groups excluding carboxylic acids is 1. The van der Waals surface area contributed by atoms with Crippen LogP contribution in [0.2, 0.25) is 0 Å². The lowest BCUT2D eigenvalue weighted by Crippen LogP contribution is -2.29. The van der Waals surface area contributed by atoms with E-state index in [4.69, 9.17) is 0 Å². The summed E-state index contributed by atoms with van der Waals surface area (Å²) in [5.74, 6) is 0.691. The van der Waals surface area contributed by atoms with Crippen molar-refractivity contribution in [1.82, 2.24) is 25.4 Å². The lowest BCUT2D eigenvalue weighted by molar-refractivity contribution is 0.0948. The van der Waals surface area contributed by atoms with Gasteiger partial charge in [0.2, 0.25) is 0 Å². The smallest absolute Gasteiger partial charge is 0.251 e. The molecule has 2 N–H and O–H groups in total. The fourth-order valence-corrected chi connectivity index (χ4v) is 2.47. The van der Waals surface area contributed by atoms with Gasteiger partial charge in [-0.1, -0.05) is 12.1 Å². The molecule has 3 rings (SSSR count). The molecule has 6 heteroatoms. The van der Waals surface area contributed by atoms with E-state index in [1.807, 2.05) is 19.2 Å². The highest BCUT2D eigenvalue weighted by Crippen LogP contribution is 2.18. The van der Waals surface area contributed by atoms with Crippen LogP contribution in [0.15, 0.2) is 24.5 Å². The van der Waals surface area contributed by atoms with Gasteiger partial charge in [0, 0.05) is 19.2 Å². The van der Waals surface area contributed by atoms with Crippen molar-refractivity contribution in [2.75, 3.05) is 6.54 Å². The van der Waals surface area contributed by atoms with Crippen LogP contribution in [0.1, 0.15) is 27.3 Å². The number of carbonyl (C=O) groups is 1. The van der Waals surface area contributed by atoms with Crippen molar-refractivity contribution in [2.45, 2.75) is 19.5 Å². The molecule has 0 unspecified atom stereocenters. The van der Waals surface area contributed by atoms with Crippen LogP contribution < -0.4 is 10.6 Å². The third-order valence-electron chi connectivity index (χ3n) is 3.60. The van der Waals surface area contributed by atoms with Crippen molar-refractivity contribution in [3.8, 4) is 0 Å². The summed E-state index contributed by atoms with van der Waals surface area (Å²) in [5, 5.41) is 14.0. The highest BCUT2D eigenvalue weighted by Gasteiger charge is 2.17. The van der Waals surface area contributed by atoms with E-state index in [2.05, 4.69) is 26.9 Å². The largest absolute Gasteiger partial charge is 0.345 e. The van der Waals surface area contributed by atoms with Gasteiger partial charge in [0.1, 0.15) is 6.33 Å². The third kappa shape index (κ3) is 2.42. The first-order chi connectivity index (χ1) is 9.75. The van der Waals surface area contributed by atoms with Crippen molar-refractivity contribution in [3.05, 3.63) is 47.0 Å². The van der Waals surface area contributed by atoms with E-state index in [-0.39, 0.29) is 5.91 Å². The first-order valence-corrected chi connectivity index (χ1v) is 6.68. The Hall–Kier alpha value is -2.21. The van der Waals surface area contributed by atoms with Gasteiger partial charge in [0.15, 0.2) is 5.82 Å². The van der Waals surface area contributed by atoms with Crippen molar-refractivity contribution in [1.29, 1.82) is 0 Å². The van der Waals surface area contributed by atoms with Gasteiger partial charge < -0.3 is 15.2 Å². The summed E-state index contributed by atoms with van der Waals surface area (Å²) in [6.45, 7) is 2.14. The van der Waals surface area contributed by atoms with Gasteiger partial charge >= 0.3 is 0 Å². The van der Waals surface area contributed by atoms with Crippen molar-refractivity contribution in [2.24, 2.45) is 7.05 Å². The summed E-state index contributed by atoms with van der Waals surface area (Å²) in [4.78, 5) is 12.3. The zero-order valence-electron chi connectivity index (χ0n) is 11.4. The SMILES string of the molecule is Cn1cnnc1CNC(=O)c1cccc2c1CCNC2. The molecule has 0 aliphatic carbocycles. The number of amides is 1. The lowest BCUT2D eigenvalue weighted by Gasteiger charge is -2.19. The Kier molecular flexibility index (Phi) is 3.47. The Balaban J connectivity index is 1.76. The minimum atomic E-state index is -0.0493. The summed E-state index contributed by atoms with van der Waals surface area (Å²) in [6.07, 6.45) is 2.51. The minimum Gasteiger partial charge on any atom is -0.345 e. The Morgan fingerprint density at radius 2 is 2.40 bits per heavy atom. The van der Waals surface area contributed by atoms with Crippen LogP contribution in [0, 0.1) is 0 Å². The fraction of sp³-hybridized carbons (Fsp3) is 0.357. The molecule has 1 aliphatic rings. The summed E-state index contributed by atoms with van der Waals surface area (Å²) in [5.41, 5.74) is 3.13. The molecule has 2 aromatic rings. The second-order valence-electron chi connectivity index (χ2n) is 4.91. The molecule has 1 aromatic carbocycles. The Labute approximate surface area is 117 Å². The molecule has 0 spiro atoms. The monoisotopic (exact) mass is 271 g/mol. The number of hydrogen-bond donors (Lipinski definition) is 2. The summed E-state index contributed by atoms with van der Waals surface area (Å²) < 4.78 is 1.80. The highest BCUT2D eigenvalue weighted by molar-refractivity contribution is 5.96. The van der Waals surface area contributed by atoms with Gasteiger partial charge in [0.25, 0.3) is 5.91 Å². The van der Waals surface area contributed by atoms with Gasteiger partial charge in [-0.3, -0.25) is 4.79 Å². The molecule has 0 saturated heterocycles. The van der Waals surface area contributed by atoms with Crippen LogP contribution in [0.5, 0.6) is 0 Å². The number of fused-ring (bicyclic) bond motifs is 1. The second kappa shape index (κ2) is 5.42. The third-order valence-corrected chi connectivity index (χ3v) is 3.60. The first kappa shape index (κ1) is 12.8. The topological polar surface area (TPSA) is 71.8 Å². The molecule has 0 saturated carbocycles.